The molecule has 0 atom stereocenters. The Morgan fingerprint density at radius 3 is 2.79 bits per heavy atom. The van der Waals surface area contributed by atoms with Crippen LogP contribution < -0.4 is 10.1 Å². The number of hydrogen-bond acceptors (Lipinski definition) is 3. The van der Waals surface area contributed by atoms with Crippen LogP contribution in [0.25, 0.3) is 0 Å². The third-order valence-electron chi connectivity index (χ3n) is 2.73. The van der Waals surface area contributed by atoms with Crippen LogP contribution in [0.2, 0.25) is 0 Å². The summed E-state index contributed by atoms with van der Waals surface area (Å²) in [6.07, 6.45) is 5.22. The number of carbonyl (C=O) groups excluding carboxylic acids is 1. The van der Waals surface area contributed by atoms with Crippen molar-refractivity contribution in [2.45, 2.75) is 19.3 Å². The Morgan fingerprint density at radius 1 is 1.37 bits per heavy atom. The first-order chi connectivity index (χ1) is 9.19. The molecular formula is C14H20FNO2S. The summed E-state index contributed by atoms with van der Waals surface area (Å²) in [5.74, 6) is 0.622. The summed E-state index contributed by atoms with van der Waals surface area (Å²) in [6.45, 7) is 0.582. The van der Waals surface area contributed by atoms with E-state index < -0.39 is 5.82 Å². The van der Waals surface area contributed by atoms with E-state index in [1.807, 2.05) is 11.8 Å². The molecule has 1 N–H and O–H groups in total. The first-order valence-corrected chi connectivity index (χ1v) is 7.69. The van der Waals surface area contributed by atoms with Gasteiger partial charge in [-0.2, -0.15) is 11.8 Å². The van der Waals surface area contributed by atoms with Gasteiger partial charge in [0.1, 0.15) is 11.6 Å². The highest BCUT2D eigenvalue weighted by atomic mass is 32.2. The summed E-state index contributed by atoms with van der Waals surface area (Å²) in [4.78, 5) is 11.8. The van der Waals surface area contributed by atoms with Crippen molar-refractivity contribution in [3.63, 3.8) is 0 Å². The van der Waals surface area contributed by atoms with E-state index in [0.717, 1.165) is 25.0 Å². The van der Waals surface area contributed by atoms with Crippen LogP contribution in [0.1, 0.15) is 29.6 Å². The summed E-state index contributed by atoms with van der Waals surface area (Å²) in [5, 5.41) is 2.73. The second-order valence-corrected chi connectivity index (χ2v) is 5.14. The lowest BCUT2D eigenvalue weighted by molar-refractivity contribution is 0.0949. The molecule has 0 bridgehead atoms. The van der Waals surface area contributed by atoms with E-state index >= 15 is 0 Å². The Balaban J connectivity index is 2.37. The van der Waals surface area contributed by atoms with Gasteiger partial charge in [0.05, 0.1) is 12.7 Å². The number of unbranched alkanes of at least 4 members (excludes halogenated alkanes) is 2. The average Bonchev–Trinajstić information content (AvgIpc) is 2.42. The molecule has 0 fully saturated rings. The molecule has 19 heavy (non-hydrogen) atoms. The molecule has 0 radical (unpaired) electrons. The van der Waals surface area contributed by atoms with Gasteiger partial charge in [0.2, 0.25) is 0 Å². The second-order valence-electron chi connectivity index (χ2n) is 4.16. The lowest BCUT2D eigenvalue weighted by Crippen LogP contribution is -2.25. The minimum absolute atomic E-state index is 0.0601. The maximum absolute atomic E-state index is 13.6. The Morgan fingerprint density at radius 2 is 2.16 bits per heavy atom. The molecule has 0 saturated heterocycles. The number of halogens is 1. The van der Waals surface area contributed by atoms with Crippen molar-refractivity contribution in [3.8, 4) is 5.75 Å². The highest BCUT2D eigenvalue weighted by Gasteiger charge is 2.11. The fourth-order valence-corrected chi connectivity index (χ4v) is 2.15. The molecule has 1 amide bonds. The molecule has 1 aromatic rings. The standard InChI is InChI=1S/C14H20FNO2S/c1-18-11-6-7-12(13(15)10-11)14(17)16-8-4-3-5-9-19-2/h6-7,10H,3-5,8-9H2,1-2H3,(H,16,17). The maximum Gasteiger partial charge on any atom is 0.254 e. The monoisotopic (exact) mass is 285 g/mol. The van der Waals surface area contributed by atoms with Crippen LogP contribution in [-0.2, 0) is 0 Å². The first kappa shape index (κ1) is 15.8. The number of carbonyl (C=O) groups is 1. The third-order valence-corrected chi connectivity index (χ3v) is 3.43. The van der Waals surface area contributed by atoms with Gasteiger partial charge in [-0.25, -0.2) is 4.39 Å². The van der Waals surface area contributed by atoms with Crippen molar-refractivity contribution >= 4 is 17.7 Å². The summed E-state index contributed by atoms with van der Waals surface area (Å²) in [7, 11) is 1.46. The Labute approximate surface area is 117 Å². The van der Waals surface area contributed by atoms with Crippen LogP contribution in [0.4, 0.5) is 4.39 Å². The molecule has 1 rings (SSSR count). The van der Waals surface area contributed by atoms with Crippen molar-refractivity contribution in [3.05, 3.63) is 29.6 Å². The number of amides is 1. The van der Waals surface area contributed by atoms with Gasteiger partial charge in [-0.1, -0.05) is 6.42 Å². The number of thioether (sulfide) groups is 1. The zero-order chi connectivity index (χ0) is 14.1. The molecule has 1 aromatic carbocycles. The van der Waals surface area contributed by atoms with E-state index in [1.54, 1.807) is 6.07 Å². The number of hydrogen-bond donors (Lipinski definition) is 1. The van der Waals surface area contributed by atoms with E-state index in [9.17, 15) is 9.18 Å². The van der Waals surface area contributed by atoms with Crippen molar-refractivity contribution in [1.29, 1.82) is 0 Å². The quantitative estimate of drug-likeness (QED) is 0.746. The van der Waals surface area contributed by atoms with Crippen LogP contribution >= 0.6 is 11.8 Å². The molecule has 3 nitrogen and oxygen atoms in total. The lowest BCUT2D eigenvalue weighted by atomic mass is 10.2. The van der Waals surface area contributed by atoms with Gasteiger partial charge in [-0.05, 0) is 37.0 Å². The summed E-state index contributed by atoms with van der Waals surface area (Å²) >= 11 is 1.82. The van der Waals surface area contributed by atoms with Gasteiger partial charge in [-0.3, -0.25) is 4.79 Å². The van der Waals surface area contributed by atoms with Crippen molar-refractivity contribution in [2.24, 2.45) is 0 Å². The molecule has 0 aliphatic rings. The molecule has 0 spiro atoms. The minimum Gasteiger partial charge on any atom is -0.497 e. The van der Waals surface area contributed by atoms with Gasteiger partial charge in [0.15, 0.2) is 0 Å². The van der Waals surface area contributed by atoms with E-state index in [1.165, 1.54) is 19.2 Å². The number of methoxy groups -OCH3 is 1. The number of benzene rings is 1. The topological polar surface area (TPSA) is 38.3 Å². The van der Waals surface area contributed by atoms with Crippen LogP contribution in [0.15, 0.2) is 18.2 Å². The zero-order valence-electron chi connectivity index (χ0n) is 11.4. The largest absolute Gasteiger partial charge is 0.497 e. The predicted octanol–water partition coefficient (Wildman–Crippen LogP) is 3.10. The van der Waals surface area contributed by atoms with Gasteiger partial charge in [0, 0.05) is 12.6 Å². The Kier molecular flexibility index (Phi) is 7.33. The summed E-state index contributed by atoms with van der Waals surface area (Å²) in [6, 6.07) is 4.24. The molecule has 0 heterocycles. The Bertz CT molecular complexity index is 412. The van der Waals surface area contributed by atoms with Crippen molar-refractivity contribution in [1.82, 2.24) is 5.32 Å². The number of ether oxygens (including phenoxy) is 1. The van der Waals surface area contributed by atoms with Crippen LogP contribution in [0.3, 0.4) is 0 Å². The smallest absolute Gasteiger partial charge is 0.254 e. The van der Waals surface area contributed by atoms with Crippen molar-refractivity contribution < 1.29 is 13.9 Å². The SMILES string of the molecule is COc1ccc(C(=O)NCCCCCSC)c(F)c1. The average molecular weight is 285 g/mol. The zero-order valence-corrected chi connectivity index (χ0v) is 12.2. The van der Waals surface area contributed by atoms with Crippen LogP contribution in [0.5, 0.6) is 5.75 Å². The van der Waals surface area contributed by atoms with E-state index in [4.69, 9.17) is 4.74 Å². The van der Waals surface area contributed by atoms with E-state index in [-0.39, 0.29) is 11.5 Å². The highest BCUT2D eigenvalue weighted by Crippen LogP contribution is 2.16. The summed E-state index contributed by atoms with van der Waals surface area (Å²) < 4.78 is 18.5. The minimum atomic E-state index is -0.556. The highest BCUT2D eigenvalue weighted by molar-refractivity contribution is 7.98. The van der Waals surface area contributed by atoms with Gasteiger partial charge >= 0.3 is 0 Å². The van der Waals surface area contributed by atoms with Crippen LogP contribution in [-0.4, -0.2) is 31.6 Å². The molecular weight excluding hydrogens is 265 g/mol. The molecule has 0 aliphatic heterocycles. The molecule has 0 unspecified atom stereocenters. The van der Waals surface area contributed by atoms with Crippen LogP contribution in [0, 0.1) is 5.82 Å². The van der Waals surface area contributed by atoms with Gasteiger partial charge in [-0.15, -0.1) is 0 Å². The normalized spacial score (nSPS) is 10.3. The fourth-order valence-electron chi connectivity index (χ4n) is 1.65. The van der Waals surface area contributed by atoms with Gasteiger partial charge in [0.25, 0.3) is 5.91 Å². The maximum atomic E-state index is 13.6. The third kappa shape index (κ3) is 5.51. The van der Waals surface area contributed by atoms with Gasteiger partial charge < -0.3 is 10.1 Å². The fraction of sp³-hybridized carbons (Fsp3) is 0.500. The summed E-state index contributed by atoms with van der Waals surface area (Å²) in [5.41, 5.74) is 0.0601. The number of nitrogens with one attached hydrogen (secondary N) is 1. The molecule has 106 valence electrons. The molecule has 0 aliphatic carbocycles. The first-order valence-electron chi connectivity index (χ1n) is 6.29. The van der Waals surface area contributed by atoms with E-state index in [0.29, 0.717) is 12.3 Å². The molecule has 5 heteroatoms. The van der Waals surface area contributed by atoms with Crippen molar-refractivity contribution in [2.75, 3.05) is 25.7 Å². The Hall–Kier alpha value is -1.23. The number of rotatable bonds is 8. The molecule has 0 saturated carbocycles. The predicted molar refractivity (Wildman–Crippen MR) is 77.5 cm³/mol. The molecule has 0 aromatic heterocycles. The lowest BCUT2D eigenvalue weighted by Gasteiger charge is -2.07. The second kappa shape index (κ2) is 8.80. The van der Waals surface area contributed by atoms with E-state index in [2.05, 4.69) is 11.6 Å².